The van der Waals surface area contributed by atoms with Crippen LogP contribution in [-0.4, -0.2) is 32.6 Å². The van der Waals surface area contributed by atoms with E-state index in [0.717, 1.165) is 5.56 Å². The Hall–Kier alpha value is -2.90. The van der Waals surface area contributed by atoms with Crippen LogP contribution in [0.4, 0.5) is 5.69 Å². The van der Waals surface area contributed by atoms with Crippen LogP contribution in [0.3, 0.4) is 0 Å². The van der Waals surface area contributed by atoms with Gasteiger partial charge in [-0.2, -0.15) is 5.10 Å². The highest BCUT2D eigenvalue weighted by Crippen LogP contribution is 2.29. The van der Waals surface area contributed by atoms with Crippen LogP contribution in [0, 0.1) is 10.1 Å². The minimum Gasteiger partial charge on any atom is -0.335 e. The summed E-state index contributed by atoms with van der Waals surface area (Å²) in [6.45, 7) is 1.87. The fourth-order valence-electron chi connectivity index (χ4n) is 2.73. The van der Waals surface area contributed by atoms with E-state index >= 15 is 0 Å². The topological polar surface area (TPSA) is 81.3 Å². The lowest BCUT2D eigenvalue weighted by Crippen LogP contribution is -2.29. The van der Waals surface area contributed by atoms with Crippen LogP contribution >= 0.6 is 23.2 Å². The van der Waals surface area contributed by atoms with Crippen molar-refractivity contribution >= 4 is 34.8 Å². The molecule has 3 aromatic rings. The van der Waals surface area contributed by atoms with Gasteiger partial charge in [-0.25, -0.2) is 4.68 Å². The van der Waals surface area contributed by atoms with E-state index in [2.05, 4.69) is 5.10 Å². The maximum Gasteiger partial charge on any atom is 0.269 e. The van der Waals surface area contributed by atoms with Crippen molar-refractivity contribution in [3.8, 4) is 5.69 Å². The summed E-state index contributed by atoms with van der Waals surface area (Å²) in [6.07, 6.45) is 3.03. The lowest BCUT2D eigenvalue weighted by Gasteiger charge is -2.25. The Kier molecular flexibility index (Phi) is 5.67. The van der Waals surface area contributed by atoms with Crippen molar-refractivity contribution in [3.63, 3.8) is 0 Å². The molecule has 0 aliphatic carbocycles. The van der Waals surface area contributed by atoms with Crippen LogP contribution in [0.15, 0.2) is 54.9 Å². The van der Waals surface area contributed by atoms with Gasteiger partial charge in [0.25, 0.3) is 11.6 Å². The molecule has 0 saturated carbocycles. The zero-order chi connectivity index (χ0) is 20.4. The van der Waals surface area contributed by atoms with E-state index in [4.69, 9.17) is 23.2 Å². The zero-order valence-electron chi connectivity index (χ0n) is 15.0. The fourth-order valence-corrected chi connectivity index (χ4v) is 3.30. The third-order valence-corrected chi connectivity index (χ3v) is 5.03. The van der Waals surface area contributed by atoms with Crippen molar-refractivity contribution in [2.45, 2.75) is 13.0 Å². The van der Waals surface area contributed by atoms with Gasteiger partial charge in [0.1, 0.15) is 0 Å². The molecule has 144 valence electrons. The summed E-state index contributed by atoms with van der Waals surface area (Å²) in [6, 6.07) is 10.8. The first-order chi connectivity index (χ1) is 13.3. The van der Waals surface area contributed by atoms with Gasteiger partial charge < -0.3 is 4.90 Å². The Labute approximate surface area is 171 Å². The highest BCUT2D eigenvalue weighted by atomic mass is 35.5. The molecule has 9 heteroatoms. The van der Waals surface area contributed by atoms with Gasteiger partial charge in [-0.15, -0.1) is 0 Å². The molecule has 0 N–H and O–H groups in total. The standard InChI is InChI=1S/C19H16Cl2N4O3/c1-12(17-8-3-14(20)9-18(17)21)23(2)19(26)13-10-22-24(11-13)15-4-6-16(7-5-15)25(27)28/h3-12H,1-2H3. The summed E-state index contributed by atoms with van der Waals surface area (Å²) < 4.78 is 1.49. The van der Waals surface area contributed by atoms with E-state index in [1.165, 1.54) is 23.0 Å². The summed E-state index contributed by atoms with van der Waals surface area (Å²) in [5.41, 5.74) is 1.77. The lowest BCUT2D eigenvalue weighted by atomic mass is 10.1. The van der Waals surface area contributed by atoms with Crippen LogP contribution in [0.2, 0.25) is 10.0 Å². The second-order valence-corrected chi connectivity index (χ2v) is 7.05. The van der Waals surface area contributed by atoms with Crippen LogP contribution in [0.5, 0.6) is 0 Å². The Morgan fingerprint density at radius 3 is 2.50 bits per heavy atom. The Bertz CT molecular complexity index is 1030. The molecule has 0 bridgehead atoms. The number of hydrogen-bond donors (Lipinski definition) is 0. The molecule has 2 aromatic carbocycles. The molecule has 0 saturated heterocycles. The number of hydrogen-bond acceptors (Lipinski definition) is 4. The third kappa shape index (κ3) is 4.00. The van der Waals surface area contributed by atoms with Crippen molar-refractivity contribution in [1.29, 1.82) is 0 Å². The number of amides is 1. The van der Waals surface area contributed by atoms with E-state index in [1.54, 1.807) is 48.5 Å². The maximum atomic E-state index is 12.8. The molecule has 3 rings (SSSR count). The Balaban J connectivity index is 1.80. The van der Waals surface area contributed by atoms with Crippen LogP contribution < -0.4 is 0 Å². The number of rotatable bonds is 5. The Morgan fingerprint density at radius 1 is 1.21 bits per heavy atom. The zero-order valence-corrected chi connectivity index (χ0v) is 16.6. The van der Waals surface area contributed by atoms with Crippen LogP contribution in [0.25, 0.3) is 5.69 Å². The average Bonchev–Trinajstić information content (AvgIpc) is 3.16. The molecule has 1 atom stereocenters. The van der Waals surface area contributed by atoms with Gasteiger partial charge in [-0.05, 0) is 36.8 Å². The second kappa shape index (κ2) is 8.00. The van der Waals surface area contributed by atoms with Crippen molar-refractivity contribution in [1.82, 2.24) is 14.7 Å². The van der Waals surface area contributed by atoms with Crippen molar-refractivity contribution in [3.05, 3.63) is 86.1 Å². The fraction of sp³-hybridized carbons (Fsp3) is 0.158. The van der Waals surface area contributed by atoms with Gasteiger partial charge >= 0.3 is 0 Å². The number of aromatic nitrogens is 2. The van der Waals surface area contributed by atoms with E-state index in [-0.39, 0.29) is 17.6 Å². The third-order valence-electron chi connectivity index (χ3n) is 4.47. The smallest absolute Gasteiger partial charge is 0.269 e. The van der Waals surface area contributed by atoms with Crippen LogP contribution in [0.1, 0.15) is 28.9 Å². The van der Waals surface area contributed by atoms with Crippen molar-refractivity contribution < 1.29 is 9.72 Å². The van der Waals surface area contributed by atoms with E-state index < -0.39 is 4.92 Å². The van der Waals surface area contributed by atoms with E-state index in [9.17, 15) is 14.9 Å². The van der Waals surface area contributed by atoms with E-state index in [0.29, 0.717) is 21.3 Å². The first kappa shape index (κ1) is 19.9. The normalized spacial score (nSPS) is 11.9. The highest BCUT2D eigenvalue weighted by molar-refractivity contribution is 6.35. The number of nitro groups is 1. The molecular weight excluding hydrogens is 403 g/mol. The molecule has 1 unspecified atom stereocenters. The molecule has 28 heavy (non-hydrogen) atoms. The number of carbonyl (C=O) groups excluding carboxylic acids is 1. The Morgan fingerprint density at radius 2 is 1.89 bits per heavy atom. The molecule has 0 spiro atoms. The summed E-state index contributed by atoms with van der Waals surface area (Å²) >= 11 is 12.2. The predicted molar refractivity (Wildman–Crippen MR) is 107 cm³/mol. The first-order valence-electron chi connectivity index (χ1n) is 8.29. The summed E-state index contributed by atoms with van der Waals surface area (Å²) in [4.78, 5) is 24.7. The summed E-state index contributed by atoms with van der Waals surface area (Å²) in [7, 11) is 1.68. The van der Waals surface area contributed by atoms with Gasteiger partial charge in [-0.1, -0.05) is 29.3 Å². The number of non-ortho nitro benzene ring substituents is 1. The van der Waals surface area contributed by atoms with Crippen molar-refractivity contribution in [2.24, 2.45) is 0 Å². The monoisotopic (exact) mass is 418 g/mol. The molecule has 0 aliphatic heterocycles. The van der Waals surface area contributed by atoms with Gasteiger partial charge in [0, 0.05) is 35.4 Å². The summed E-state index contributed by atoms with van der Waals surface area (Å²) in [5, 5.41) is 16.0. The molecule has 7 nitrogen and oxygen atoms in total. The van der Waals surface area contributed by atoms with E-state index in [1.807, 2.05) is 6.92 Å². The number of benzene rings is 2. The highest BCUT2D eigenvalue weighted by Gasteiger charge is 2.22. The summed E-state index contributed by atoms with van der Waals surface area (Å²) in [5.74, 6) is -0.230. The molecule has 1 aromatic heterocycles. The quantitative estimate of drug-likeness (QED) is 0.434. The number of nitrogens with zero attached hydrogens (tertiary/aromatic N) is 4. The van der Waals surface area contributed by atoms with Crippen molar-refractivity contribution in [2.75, 3.05) is 7.05 Å². The van der Waals surface area contributed by atoms with Gasteiger partial charge in [0.2, 0.25) is 0 Å². The van der Waals surface area contributed by atoms with Gasteiger partial charge in [-0.3, -0.25) is 14.9 Å². The number of nitro benzene ring substituents is 1. The maximum absolute atomic E-state index is 12.8. The lowest BCUT2D eigenvalue weighted by molar-refractivity contribution is -0.384. The van der Waals surface area contributed by atoms with Gasteiger partial charge in [0.15, 0.2) is 0 Å². The second-order valence-electron chi connectivity index (χ2n) is 6.20. The van der Waals surface area contributed by atoms with Gasteiger partial charge in [0.05, 0.1) is 28.4 Å². The molecule has 1 amide bonds. The number of carbonyl (C=O) groups is 1. The molecular formula is C19H16Cl2N4O3. The van der Waals surface area contributed by atoms with Crippen LogP contribution in [-0.2, 0) is 0 Å². The number of halogens is 2. The minimum atomic E-state index is -0.472. The molecule has 0 aliphatic rings. The predicted octanol–water partition coefficient (Wildman–Crippen LogP) is 4.92. The molecule has 0 fully saturated rings. The molecule has 0 radical (unpaired) electrons. The SMILES string of the molecule is CC(c1ccc(Cl)cc1Cl)N(C)C(=O)c1cnn(-c2ccc([N+](=O)[O-])cc2)c1. The average molecular weight is 419 g/mol. The minimum absolute atomic E-state index is 0.0133. The first-order valence-corrected chi connectivity index (χ1v) is 9.05. The largest absolute Gasteiger partial charge is 0.335 e. The molecule has 1 heterocycles.